The van der Waals surface area contributed by atoms with Gasteiger partial charge in [0.15, 0.2) is 0 Å². The van der Waals surface area contributed by atoms with Crippen molar-refractivity contribution < 1.29 is 0 Å². The first-order valence-corrected chi connectivity index (χ1v) is 8.60. The van der Waals surface area contributed by atoms with Gasteiger partial charge in [0.25, 0.3) is 0 Å². The molecule has 2 saturated heterocycles. The van der Waals surface area contributed by atoms with Crippen molar-refractivity contribution in [1.82, 2.24) is 9.80 Å². The quantitative estimate of drug-likeness (QED) is 0.767. The Bertz CT molecular complexity index is 248. The molecular weight excluding hydrogens is 232 g/mol. The molecule has 1 atom stereocenters. The number of hydrogen-bond acceptors (Lipinski definition) is 2. The predicted molar refractivity (Wildman–Crippen MR) is 83.5 cm³/mol. The Morgan fingerprint density at radius 3 is 1.95 bits per heavy atom. The van der Waals surface area contributed by atoms with Crippen LogP contribution in [0.15, 0.2) is 0 Å². The van der Waals surface area contributed by atoms with Crippen LogP contribution in [0.1, 0.15) is 59.8 Å². The smallest absolute Gasteiger partial charge is 0.0120 e. The van der Waals surface area contributed by atoms with Gasteiger partial charge >= 0.3 is 0 Å². The summed E-state index contributed by atoms with van der Waals surface area (Å²) in [7, 11) is 0. The third-order valence-electron chi connectivity index (χ3n) is 5.75. The Labute approximate surface area is 120 Å². The fourth-order valence-electron chi connectivity index (χ4n) is 3.90. The molecule has 2 nitrogen and oxygen atoms in total. The van der Waals surface area contributed by atoms with Crippen molar-refractivity contribution in [1.29, 1.82) is 0 Å². The van der Waals surface area contributed by atoms with Gasteiger partial charge in [0.1, 0.15) is 0 Å². The molecule has 2 fully saturated rings. The molecule has 0 N–H and O–H groups in total. The molecule has 0 radical (unpaired) electrons. The molecule has 2 heterocycles. The van der Waals surface area contributed by atoms with Crippen LogP contribution in [-0.4, -0.2) is 48.1 Å². The molecule has 2 heteroatoms. The van der Waals surface area contributed by atoms with Crippen LogP contribution in [0.2, 0.25) is 0 Å². The lowest BCUT2D eigenvalue weighted by atomic mass is 9.85. The van der Waals surface area contributed by atoms with E-state index in [0.29, 0.717) is 0 Å². The van der Waals surface area contributed by atoms with Crippen LogP contribution in [0.25, 0.3) is 0 Å². The van der Waals surface area contributed by atoms with Crippen LogP contribution in [0.5, 0.6) is 0 Å². The Kier molecular flexibility index (Phi) is 5.70. The minimum absolute atomic E-state index is 0.785. The second kappa shape index (κ2) is 7.08. The molecule has 0 aromatic rings. The first kappa shape index (κ1) is 15.3. The monoisotopic (exact) mass is 266 g/mol. The van der Waals surface area contributed by atoms with Crippen molar-refractivity contribution in [3.63, 3.8) is 0 Å². The van der Waals surface area contributed by atoms with Crippen molar-refractivity contribution in [2.75, 3.05) is 26.2 Å². The average molecular weight is 266 g/mol. The topological polar surface area (TPSA) is 6.48 Å². The van der Waals surface area contributed by atoms with E-state index in [0.717, 1.165) is 23.9 Å². The lowest BCUT2D eigenvalue weighted by Gasteiger charge is -2.43. The third kappa shape index (κ3) is 3.95. The lowest BCUT2D eigenvalue weighted by molar-refractivity contribution is 0.0571. The Hall–Kier alpha value is -0.0800. The van der Waals surface area contributed by atoms with E-state index < -0.39 is 0 Å². The third-order valence-corrected chi connectivity index (χ3v) is 5.75. The van der Waals surface area contributed by atoms with Gasteiger partial charge < -0.3 is 9.80 Å². The van der Waals surface area contributed by atoms with Gasteiger partial charge in [0, 0.05) is 12.1 Å². The van der Waals surface area contributed by atoms with E-state index in [-0.39, 0.29) is 0 Å². The molecule has 1 unspecified atom stereocenters. The molecule has 0 spiro atoms. The van der Waals surface area contributed by atoms with Crippen LogP contribution >= 0.6 is 0 Å². The van der Waals surface area contributed by atoms with Gasteiger partial charge in [-0.3, -0.25) is 0 Å². The van der Waals surface area contributed by atoms with E-state index in [1.54, 1.807) is 0 Å². The second-order valence-corrected chi connectivity index (χ2v) is 7.14. The van der Waals surface area contributed by atoms with Crippen molar-refractivity contribution >= 4 is 0 Å². The minimum Gasteiger partial charge on any atom is -0.301 e. The average Bonchev–Trinajstić information content (AvgIpc) is 2.46. The number of piperidine rings is 2. The summed E-state index contributed by atoms with van der Waals surface area (Å²) in [5.41, 5.74) is 0. The number of rotatable bonds is 4. The zero-order valence-corrected chi connectivity index (χ0v) is 13.6. The van der Waals surface area contributed by atoms with Gasteiger partial charge in [-0.15, -0.1) is 0 Å². The summed E-state index contributed by atoms with van der Waals surface area (Å²) in [5.74, 6) is 1.87. The summed E-state index contributed by atoms with van der Waals surface area (Å²) < 4.78 is 0. The number of nitrogens with zero attached hydrogens (tertiary/aromatic N) is 2. The number of hydrogen-bond donors (Lipinski definition) is 0. The summed E-state index contributed by atoms with van der Waals surface area (Å²) in [6.45, 7) is 14.8. The van der Waals surface area contributed by atoms with Crippen molar-refractivity contribution in [2.45, 2.75) is 71.9 Å². The summed E-state index contributed by atoms with van der Waals surface area (Å²) in [6, 6.07) is 1.67. The van der Waals surface area contributed by atoms with Crippen molar-refractivity contribution in [3.05, 3.63) is 0 Å². The van der Waals surface area contributed by atoms with Crippen LogP contribution in [0, 0.1) is 11.8 Å². The lowest BCUT2D eigenvalue weighted by Crippen LogP contribution is -2.49. The van der Waals surface area contributed by atoms with E-state index in [1.165, 1.54) is 58.3 Å². The first-order chi connectivity index (χ1) is 9.11. The van der Waals surface area contributed by atoms with E-state index in [1.807, 2.05) is 0 Å². The highest BCUT2D eigenvalue weighted by Crippen LogP contribution is 2.28. The molecule has 0 aliphatic carbocycles. The molecule has 0 aromatic carbocycles. The molecule has 2 aliphatic heterocycles. The minimum atomic E-state index is 0.785. The standard InChI is InChI=1S/C17H34N2/c1-5-15(4)18-12-8-17(9-13-18)19-10-6-16(7-11-19)14(2)3/h14-17H,5-13H2,1-4H3. The zero-order chi connectivity index (χ0) is 13.8. The molecule has 19 heavy (non-hydrogen) atoms. The molecule has 2 rings (SSSR count). The summed E-state index contributed by atoms with van der Waals surface area (Å²) in [4.78, 5) is 5.49. The van der Waals surface area contributed by atoms with Gasteiger partial charge in [-0.1, -0.05) is 20.8 Å². The zero-order valence-electron chi connectivity index (χ0n) is 13.6. The van der Waals surface area contributed by atoms with Crippen LogP contribution in [-0.2, 0) is 0 Å². The summed E-state index contributed by atoms with van der Waals surface area (Å²) >= 11 is 0. The largest absolute Gasteiger partial charge is 0.301 e. The highest BCUT2D eigenvalue weighted by atomic mass is 15.2. The van der Waals surface area contributed by atoms with Crippen LogP contribution < -0.4 is 0 Å². The van der Waals surface area contributed by atoms with Crippen LogP contribution in [0.4, 0.5) is 0 Å². The Balaban J connectivity index is 1.74. The maximum absolute atomic E-state index is 2.80. The van der Waals surface area contributed by atoms with Gasteiger partial charge in [0.05, 0.1) is 0 Å². The Morgan fingerprint density at radius 1 is 0.895 bits per heavy atom. The van der Waals surface area contributed by atoms with E-state index in [4.69, 9.17) is 0 Å². The molecule has 0 bridgehead atoms. The molecule has 0 amide bonds. The fourth-order valence-corrected chi connectivity index (χ4v) is 3.90. The van der Waals surface area contributed by atoms with E-state index >= 15 is 0 Å². The highest BCUT2D eigenvalue weighted by Gasteiger charge is 2.29. The first-order valence-electron chi connectivity index (χ1n) is 8.60. The molecule has 2 aliphatic rings. The number of likely N-dealkylation sites (tertiary alicyclic amines) is 2. The van der Waals surface area contributed by atoms with Crippen molar-refractivity contribution in [3.8, 4) is 0 Å². The van der Waals surface area contributed by atoms with E-state index in [2.05, 4.69) is 37.5 Å². The normalized spacial score (nSPS) is 27.0. The second-order valence-electron chi connectivity index (χ2n) is 7.14. The predicted octanol–water partition coefficient (Wildman–Crippen LogP) is 3.62. The van der Waals surface area contributed by atoms with Gasteiger partial charge in [-0.05, 0) is 77.0 Å². The Morgan fingerprint density at radius 2 is 1.47 bits per heavy atom. The van der Waals surface area contributed by atoms with Gasteiger partial charge in [-0.2, -0.15) is 0 Å². The maximum atomic E-state index is 2.80. The van der Waals surface area contributed by atoms with Gasteiger partial charge in [0.2, 0.25) is 0 Å². The van der Waals surface area contributed by atoms with E-state index in [9.17, 15) is 0 Å². The summed E-state index contributed by atoms with van der Waals surface area (Å²) in [6.07, 6.45) is 6.96. The van der Waals surface area contributed by atoms with Gasteiger partial charge in [-0.25, -0.2) is 0 Å². The summed E-state index contributed by atoms with van der Waals surface area (Å²) in [5, 5.41) is 0. The maximum Gasteiger partial charge on any atom is 0.0120 e. The highest BCUT2D eigenvalue weighted by molar-refractivity contribution is 4.85. The molecule has 0 saturated carbocycles. The van der Waals surface area contributed by atoms with Crippen molar-refractivity contribution in [2.24, 2.45) is 11.8 Å². The molecule has 112 valence electrons. The SMILES string of the molecule is CCC(C)N1CCC(N2CCC(C(C)C)CC2)CC1. The molecular formula is C17H34N2. The fraction of sp³-hybridized carbons (Fsp3) is 1.00. The van der Waals surface area contributed by atoms with Crippen LogP contribution in [0.3, 0.4) is 0 Å². The molecule has 0 aromatic heterocycles.